The van der Waals surface area contributed by atoms with Crippen molar-refractivity contribution >= 4 is 17.6 Å². The topological polar surface area (TPSA) is 61.9 Å². The number of carbonyl (C=O) groups is 2. The van der Waals surface area contributed by atoms with Gasteiger partial charge in [0, 0.05) is 43.3 Å². The Morgan fingerprint density at radius 3 is 2.52 bits per heavy atom. The highest BCUT2D eigenvalue weighted by molar-refractivity contribution is 5.89. The number of hydrogen-bond acceptors (Lipinski definition) is 3. The monoisotopic (exact) mass is 341 g/mol. The summed E-state index contributed by atoms with van der Waals surface area (Å²) in [6.45, 7) is 3.74. The summed E-state index contributed by atoms with van der Waals surface area (Å²) < 4.78 is 5.29. The second-order valence-corrected chi connectivity index (χ2v) is 6.35. The van der Waals surface area contributed by atoms with Crippen molar-refractivity contribution in [1.29, 1.82) is 0 Å². The van der Waals surface area contributed by atoms with Gasteiger partial charge < -0.3 is 19.9 Å². The van der Waals surface area contributed by atoms with Gasteiger partial charge in [-0.25, -0.2) is 4.79 Å². The highest BCUT2D eigenvalue weighted by Crippen LogP contribution is 2.21. The van der Waals surface area contributed by atoms with Gasteiger partial charge in [0.1, 0.15) is 0 Å². The van der Waals surface area contributed by atoms with E-state index in [2.05, 4.69) is 11.2 Å². The summed E-state index contributed by atoms with van der Waals surface area (Å²) in [5.74, 6) is 2.76. The molecule has 2 heterocycles. The molecule has 0 bridgehead atoms. The van der Waals surface area contributed by atoms with Gasteiger partial charge in [-0.05, 0) is 31.0 Å². The van der Waals surface area contributed by atoms with Gasteiger partial charge in [-0.15, -0.1) is 6.42 Å². The van der Waals surface area contributed by atoms with E-state index in [1.165, 1.54) is 0 Å². The van der Waals surface area contributed by atoms with Crippen LogP contribution in [-0.4, -0.2) is 61.1 Å². The Labute approximate surface area is 148 Å². The van der Waals surface area contributed by atoms with Crippen LogP contribution in [0.15, 0.2) is 24.3 Å². The molecule has 132 valence electrons. The van der Waals surface area contributed by atoms with Gasteiger partial charge in [-0.1, -0.05) is 12.0 Å². The highest BCUT2D eigenvalue weighted by Gasteiger charge is 2.30. The molecule has 6 heteroatoms. The predicted octanol–water partition coefficient (Wildman–Crippen LogP) is 1.77. The van der Waals surface area contributed by atoms with Crippen molar-refractivity contribution in [3.63, 3.8) is 0 Å². The molecule has 25 heavy (non-hydrogen) atoms. The van der Waals surface area contributed by atoms with Crippen LogP contribution in [0.5, 0.6) is 0 Å². The maximum atomic E-state index is 12.5. The Balaban J connectivity index is 1.50. The molecule has 6 nitrogen and oxygen atoms in total. The molecular weight excluding hydrogens is 318 g/mol. The summed E-state index contributed by atoms with van der Waals surface area (Å²) in [7, 11) is 0. The number of amides is 3. The summed E-state index contributed by atoms with van der Waals surface area (Å²) in [4.78, 5) is 28.6. The first-order valence-electron chi connectivity index (χ1n) is 8.66. The van der Waals surface area contributed by atoms with Gasteiger partial charge in [-0.3, -0.25) is 4.79 Å². The first kappa shape index (κ1) is 17.3. The van der Waals surface area contributed by atoms with Gasteiger partial charge in [0.25, 0.3) is 0 Å². The molecule has 0 spiro atoms. The van der Waals surface area contributed by atoms with E-state index in [1.54, 1.807) is 11.0 Å². The van der Waals surface area contributed by atoms with Crippen LogP contribution in [0.4, 0.5) is 10.5 Å². The number of urea groups is 1. The molecule has 3 rings (SSSR count). The molecule has 1 aromatic carbocycles. The van der Waals surface area contributed by atoms with Crippen molar-refractivity contribution in [3.05, 3.63) is 29.8 Å². The minimum atomic E-state index is -0.147. The number of ether oxygens (including phenoxy) is 1. The van der Waals surface area contributed by atoms with Crippen molar-refractivity contribution < 1.29 is 14.3 Å². The van der Waals surface area contributed by atoms with Crippen LogP contribution in [0.3, 0.4) is 0 Å². The van der Waals surface area contributed by atoms with Crippen LogP contribution in [0, 0.1) is 18.3 Å². The number of benzene rings is 1. The zero-order valence-electron chi connectivity index (χ0n) is 14.2. The van der Waals surface area contributed by atoms with Gasteiger partial charge in [0.05, 0.1) is 13.2 Å². The average Bonchev–Trinajstić information content (AvgIpc) is 2.68. The Morgan fingerprint density at radius 2 is 1.84 bits per heavy atom. The molecule has 2 saturated heterocycles. The number of likely N-dealkylation sites (tertiary alicyclic amines) is 1. The lowest BCUT2D eigenvalue weighted by molar-refractivity contribution is -0.140. The number of piperidine rings is 1. The molecule has 1 aromatic rings. The number of rotatable bonds is 2. The van der Waals surface area contributed by atoms with E-state index >= 15 is 0 Å². The quantitative estimate of drug-likeness (QED) is 0.834. The first-order chi connectivity index (χ1) is 12.2. The number of nitrogens with one attached hydrogen (secondary N) is 1. The van der Waals surface area contributed by atoms with Crippen molar-refractivity contribution in [2.24, 2.45) is 5.92 Å². The third-order valence-electron chi connectivity index (χ3n) is 4.73. The standard InChI is InChI=1S/C19H23N3O3/c1-2-15-4-3-5-17(14-15)20-19(24)22-8-6-16(7-9-22)18(23)21-10-12-25-13-11-21/h1,3-5,14,16H,6-13H2,(H,20,24). The molecule has 0 radical (unpaired) electrons. The number of terminal acetylenes is 1. The van der Waals surface area contributed by atoms with E-state index in [0.29, 0.717) is 57.9 Å². The number of anilines is 1. The van der Waals surface area contributed by atoms with Gasteiger partial charge >= 0.3 is 6.03 Å². The minimum Gasteiger partial charge on any atom is -0.378 e. The normalized spacial score (nSPS) is 18.5. The summed E-state index contributed by atoms with van der Waals surface area (Å²) >= 11 is 0. The molecular formula is C19H23N3O3. The molecule has 0 aromatic heterocycles. The van der Waals surface area contributed by atoms with Crippen LogP contribution < -0.4 is 5.32 Å². The molecule has 0 unspecified atom stereocenters. The van der Waals surface area contributed by atoms with E-state index in [4.69, 9.17) is 11.2 Å². The van der Waals surface area contributed by atoms with Crippen LogP contribution in [-0.2, 0) is 9.53 Å². The van der Waals surface area contributed by atoms with Crippen molar-refractivity contribution in [2.75, 3.05) is 44.7 Å². The van der Waals surface area contributed by atoms with Crippen molar-refractivity contribution in [3.8, 4) is 12.3 Å². The third kappa shape index (κ3) is 4.31. The van der Waals surface area contributed by atoms with Gasteiger partial charge in [-0.2, -0.15) is 0 Å². The highest BCUT2D eigenvalue weighted by atomic mass is 16.5. The maximum Gasteiger partial charge on any atom is 0.321 e. The molecule has 2 aliphatic heterocycles. The lowest BCUT2D eigenvalue weighted by Gasteiger charge is -2.35. The number of morpholine rings is 1. The fourth-order valence-corrected chi connectivity index (χ4v) is 3.26. The zero-order chi connectivity index (χ0) is 17.6. The van der Waals surface area contributed by atoms with E-state index in [-0.39, 0.29) is 17.9 Å². The SMILES string of the molecule is C#Cc1cccc(NC(=O)N2CCC(C(=O)N3CCOCC3)CC2)c1. The maximum absolute atomic E-state index is 12.5. The van der Waals surface area contributed by atoms with Crippen LogP contribution in [0.1, 0.15) is 18.4 Å². The first-order valence-corrected chi connectivity index (χ1v) is 8.66. The molecule has 2 aliphatic rings. The minimum absolute atomic E-state index is 0.00641. The third-order valence-corrected chi connectivity index (χ3v) is 4.73. The van der Waals surface area contributed by atoms with E-state index in [0.717, 1.165) is 5.56 Å². The molecule has 3 amide bonds. The molecule has 0 atom stereocenters. The summed E-state index contributed by atoms with van der Waals surface area (Å²) in [6, 6.07) is 7.07. The Hall–Kier alpha value is -2.52. The second kappa shape index (κ2) is 8.04. The Morgan fingerprint density at radius 1 is 1.12 bits per heavy atom. The van der Waals surface area contributed by atoms with Crippen LogP contribution >= 0.6 is 0 Å². The summed E-state index contributed by atoms with van der Waals surface area (Å²) in [5, 5.41) is 2.87. The summed E-state index contributed by atoms with van der Waals surface area (Å²) in [6.07, 6.45) is 6.79. The van der Waals surface area contributed by atoms with Crippen molar-refractivity contribution in [1.82, 2.24) is 9.80 Å². The zero-order valence-corrected chi connectivity index (χ0v) is 14.2. The number of nitrogens with zero attached hydrogens (tertiary/aromatic N) is 2. The van der Waals surface area contributed by atoms with Gasteiger partial charge in [0.2, 0.25) is 5.91 Å². The Kier molecular flexibility index (Phi) is 5.56. The van der Waals surface area contributed by atoms with E-state index < -0.39 is 0 Å². The average molecular weight is 341 g/mol. The lowest BCUT2D eigenvalue weighted by Crippen LogP contribution is -2.48. The van der Waals surface area contributed by atoms with E-state index in [9.17, 15) is 9.59 Å². The number of hydrogen-bond donors (Lipinski definition) is 1. The van der Waals surface area contributed by atoms with Crippen molar-refractivity contribution in [2.45, 2.75) is 12.8 Å². The number of carbonyl (C=O) groups excluding carboxylic acids is 2. The lowest BCUT2D eigenvalue weighted by atomic mass is 9.95. The van der Waals surface area contributed by atoms with Crippen LogP contribution in [0.2, 0.25) is 0 Å². The largest absolute Gasteiger partial charge is 0.378 e. The summed E-state index contributed by atoms with van der Waals surface area (Å²) in [5.41, 5.74) is 1.42. The second-order valence-electron chi connectivity index (χ2n) is 6.35. The van der Waals surface area contributed by atoms with Gasteiger partial charge in [0.15, 0.2) is 0 Å². The fourth-order valence-electron chi connectivity index (χ4n) is 3.26. The van der Waals surface area contributed by atoms with E-state index in [1.807, 2.05) is 23.1 Å². The predicted molar refractivity (Wildman–Crippen MR) is 95.1 cm³/mol. The Bertz CT molecular complexity index is 669. The smallest absolute Gasteiger partial charge is 0.321 e. The molecule has 0 saturated carbocycles. The van der Waals surface area contributed by atoms with Crippen LogP contribution in [0.25, 0.3) is 0 Å². The molecule has 2 fully saturated rings. The molecule has 0 aliphatic carbocycles. The molecule has 1 N–H and O–H groups in total. The fraction of sp³-hybridized carbons (Fsp3) is 0.474.